The van der Waals surface area contributed by atoms with Gasteiger partial charge in [0, 0.05) is 41.6 Å². The van der Waals surface area contributed by atoms with E-state index in [0.29, 0.717) is 23.1 Å². The molecule has 3 rings (SSSR count). The number of fused-ring (bicyclic) bond motifs is 2. The molecule has 2 fully saturated rings. The summed E-state index contributed by atoms with van der Waals surface area (Å²) in [5, 5.41) is 23.0. The van der Waals surface area contributed by atoms with Crippen LogP contribution in [-0.2, 0) is 23.8 Å². The van der Waals surface area contributed by atoms with Crippen LogP contribution < -0.4 is 0 Å². The Hall–Kier alpha value is -1.70. The van der Waals surface area contributed by atoms with E-state index < -0.39 is 40.9 Å². The zero-order chi connectivity index (χ0) is 21.1. The molecule has 0 aromatic carbocycles. The van der Waals surface area contributed by atoms with Crippen LogP contribution in [0.15, 0.2) is 22.8 Å². The molecular formula is C21H30O7. The number of aliphatic hydroxyl groups excluding tert-OH is 1. The largest absolute Gasteiger partial charge is 0.459 e. The van der Waals surface area contributed by atoms with Crippen molar-refractivity contribution < 1.29 is 34.0 Å². The molecular weight excluding hydrogens is 364 g/mol. The molecule has 3 aliphatic rings. The summed E-state index contributed by atoms with van der Waals surface area (Å²) < 4.78 is 16.7. The molecule has 1 heterocycles. The first-order valence-electron chi connectivity index (χ1n) is 9.71. The van der Waals surface area contributed by atoms with Gasteiger partial charge in [0.15, 0.2) is 0 Å². The minimum Gasteiger partial charge on any atom is -0.459 e. The van der Waals surface area contributed by atoms with Crippen molar-refractivity contribution in [2.75, 3.05) is 7.11 Å². The Morgan fingerprint density at radius 2 is 2.04 bits per heavy atom. The van der Waals surface area contributed by atoms with Crippen LogP contribution in [0.3, 0.4) is 0 Å². The second kappa shape index (κ2) is 6.68. The average molecular weight is 394 g/mol. The van der Waals surface area contributed by atoms with Crippen molar-refractivity contribution in [1.82, 2.24) is 0 Å². The lowest BCUT2D eigenvalue weighted by Crippen LogP contribution is -2.70. The van der Waals surface area contributed by atoms with Crippen molar-refractivity contribution in [1.29, 1.82) is 0 Å². The zero-order valence-electron chi connectivity index (χ0n) is 17.4. The van der Waals surface area contributed by atoms with Gasteiger partial charge < -0.3 is 24.4 Å². The number of carbonyl (C=O) groups excluding carboxylic acids is 2. The molecule has 28 heavy (non-hydrogen) atoms. The van der Waals surface area contributed by atoms with Crippen LogP contribution in [0.2, 0.25) is 0 Å². The summed E-state index contributed by atoms with van der Waals surface area (Å²) in [5.74, 6) is -2.78. The highest BCUT2D eigenvalue weighted by atomic mass is 16.7. The van der Waals surface area contributed by atoms with Crippen molar-refractivity contribution in [3.05, 3.63) is 22.8 Å². The Labute approximate surface area is 165 Å². The predicted octanol–water partition coefficient (Wildman–Crippen LogP) is 2.01. The molecule has 156 valence electrons. The molecule has 2 saturated carbocycles. The van der Waals surface area contributed by atoms with Gasteiger partial charge in [0.25, 0.3) is 0 Å². The Morgan fingerprint density at radius 1 is 1.39 bits per heavy atom. The highest BCUT2D eigenvalue weighted by molar-refractivity contribution is 5.92. The molecule has 0 aromatic rings. The molecule has 0 amide bonds. The summed E-state index contributed by atoms with van der Waals surface area (Å²) in [7, 11) is 1.40. The van der Waals surface area contributed by atoms with E-state index in [1.807, 2.05) is 6.92 Å². The van der Waals surface area contributed by atoms with Crippen LogP contribution in [-0.4, -0.2) is 52.9 Å². The van der Waals surface area contributed by atoms with Crippen molar-refractivity contribution in [2.24, 2.45) is 11.3 Å². The third-order valence-electron chi connectivity index (χ3n) is 7.44. The van der Waals surface area contributed by atoms with Crippen molar-refractivity contribution in [3.63, 3.8) is 0 Å². The Bertz CT molecular complexity index is 769. The third kappa shape index (κ3) is 2.60. The summed E-state index contributed by atoms with van der Waals surface area (Å²) in [4.78, 5) is 24.5. The molecule has 2 N–H and O–H groups in total. The van der Waals surface area contributed by atoms with Crippen molar-refractivity contribution in [2.45, 2.75) is 77.5 Å². The lowest BCUT2D eigenvalue weighted by molar-refractivity contribution is -0.289. The minimum absolute atomic E-state index is 0.0291. The number of ether oxygens (including phenoxy) is 3. The second-order valence-electron chi connectivity index (χ2n) is 8.52. The van der Waals surface area contributed by atoms with Gasteiger partial charge in [-0.3, -0.25) is 0 Å². The first kappa shape index (κ1) is 21.0. The van der Waals surface area contributed by atoms with Crippen LogP contribution in [0, 0.1) is 11.3 Å². The number of hydrogen-bond acceptors (Lipinski definition) is 7. The predicted molar refractivity (Wildman–Crippen MR) is 99.9 cm³/mol. The Morgan fingerprint density at radius 3 is 2.61 bits per heavy atom. The number of allylic oxidation sites excluding steroid dienone is 1. The lowest BCUT2D eigenvalue weighted by Gasteiger charge is -2.61. The van der Waals surface area contributed by atoms with Gasteiger partial charge in [-0.25, -0.2) is 9.59 Å². The highest BCUT2D eigenvalue weighted by Gasteiger charge is 2.71. The maximum atomic E-state index is 12.3. The van der Waals surface area contributed by atoms with E-state index in [-0.39, 0.29) is 18.8 Å². The van der Waals surface area contributed by atoms with Gasteiger partial charge in [-0.15, -0.1) is 0 Å². The van der Waals surface area contributed by atoms with Crippen LogP contribution >= 0.6 is 0 Å². The summed E-state index contributed by atoms with van der Waals surface area (Å²) in [6.07, 6.45) is 0.794. The van der Waals surface area contributed by atoms with Gasteiger partial charge in [-0.1, -0.05) is 19.9 Å². The standard InChI is InChI=1S/C21H30O7/c1-7-11(2)17(23)27-14-8-9-20(25)10-21(26-6)15(12(3)18(24)28-21)16(22)19(20,5)13(14)4/h7,13-14,16,22,25H,8-10H2,1-6H3/b11-7-/t13-,14-,16+,19-,20-,21+/m0/s1. The molecule has 0 saturated heterocycles. The van der Waals surface area contributed by atoms with Gasteiger partial charge in [-0.05, 0) is 33.6 Å². The fraction of sp³-hybridized carbons (Fsp3) is 0.714. The smallest absolute Gasteiger partial charge is 0.336 e. The molecule has 0 aromatic heterocycles. The summed E-state index contributed by atoms with van der Waals surface area (Å²) in [6.45, 7) is 8.70. The first-order valence-corrected chi connectivity index (χ1v) is 9.71. The summed E-state index contributed by atoms with van der Waals surface area (Å²) in [5.41, 5.74) is -1.24. The maximum absolute atomic E-state index is 12.3. The zero-order valence-corrected chi connectivity index (χ0v) is 17.4. The Kier molecular flexibility index (Phi) is 5.01. The highest BCUT2D eigenvalue weighted by Crippen LogP contribution is 2.62. The monoisotopic (exact) mass is 394 g/mol. The first-order chi connectivity index (χ1) is 13.0. The molecule has 6 atom stereocenters. The molecule has 0 radical (unpaired) electrons. The second-order valence-corrected chi connectivity index (χ2v) is 8.52. The number of esters is 2. The molecule has 0 bridgehead atoms. The molecule has 7 nitrogen and oxygen atoms in total. The van der Waals surface area contributed by atoms with E-state index in [0.717, 1.165) is 0 Å². The van der Waals surface area contributed by atoms with Crippen molar-refractivity contribution in [3.8, 4) is 0 Å². The number of rotatable bonds is 3. The van der Waals surface area contributed by atoms with Crippen LogP contribution in [0.5, 0.6) is 0 Å². The molecule has 0 spiro atoms. The number of aliphatic hydroxyl groups is 2. The molecule has 7 heteroatoms. The van der Waals surface area contributed by atoms with Gasteiger partial charge in [0.1, 0.15) is 6.10 Å². The van der Waals surface area contributed by atoms with Crippen LogP contribution in [0.25, 0.3) is 0 Å². The quantitative estimate of drug-likeness (QED) is 0.558. The summed E-state index contributed by atoms with van der Waals surface area (Å²) >= 11 is 0. The van der Waals surface area contributed by atoms with E-state index >= 15 is 0 Å². The van der Waals surface area contributed by atoms with E-state index in [4.69, 9.17) is 14.2 Å². The van der Waals surface area contributed by atoms with E-state index in [1.54, 1.807) is 33.8 Å². The van der Waals surface area contributed by atoms with Gasteiger partial charge in [0.2, 0.25) is 5.79 Å². The van der Waals surface area contributed by atoms with Crippen LogP contribution in [0.1, 0.15) is 53.9 Å². The molecule has 0 unspecified atom stereocenters. The average Bonchev–Trinajstić information content (AvgIpc) is 2.91. The van der Waals surface area contributed by atoms with Gasteiger partial charge in [-0.2, -0.15) is 0 Å². The van der Waals surface area contributed by atoms with Crippen LogP contribution in [0.4, 0.5) is 0 Å². The fourth-order valence-corrected chi connectivity index (χ4v) is 5.13. The van der Waals surface area contributed by atoms with Gasteiger partial charge in [0.05, 0.1) is 11.7 Å². The minimum atomic E-state index is -1.46. The summed E-state index contributed by atoms with van der Waals surface area (Å²) in [6, 6.07) is 0. The van der Waals surface area contributed by atoms with E-state index in [9.17, 15) is 19.8 Å². The maximum Gasteiger partial charge on any atom is 0.336 e. The van der Waals surface area contributed by atoms with Gasteiger partial charge >= 0.3 is 11.9 Å². The number of hydrogen-bond donors (Lipinski definition) is 2. The third-order valence-corrected chi connectivity index (χ3v) is 7.44. The normalized spacial score (nSPS) is 43.4. The topological polar surface area (TPSA) is 102 Å². The number of carbonyl (C=O) groups is 2. The van der Waals surface area contributed by atoms with E-state index in [1.165, 1.54) is 7.11 Å². The van der Waals surface area contributed by atoms with E-state index in [2.05, 4.69) is 0 Å². The Balaban J connectivity index is 2.02. The molecule has 2 aliphatic carbocycles. The fourth-order valence-electron chi connectivity index (χ4n) is 5.13. The molecule has 1 aliphatic heterocycles. The lowest BCUT2D eigenvalue weighted by atomic mass is 9.49. The SMILES string of the molecule is C/C=C(/C)C(=O)O[C@H]1CC[C@]2(O)C[C@@]3(OC)OC(=O)C(C)=C3[C@@H](O)[C@]2(C)[C@H]1C. The number of methoxy groups -OCH3 is 1. The van der Waals surface area contributed by atoms with Crippen molar-refractivity contribution >= 4 is 11.9 Å².